The first kappa shape index (κ1) is 18.0. The van der Waals surface area contributed by atoms with Crippen LogP contribution in [0.1, 0.15) is 48.0 Å². The number of carbonyl (C=O) groups excluding carboxylic acids is 2. The summed E-state index contributed by atoms with van der Waals surface area (Å²) in [5.41, 5.74) is 3.64. The van der Waals surface area contributed by atoms with E-state index in [9.17, 15) is 9.59 Å². The first-order valence-corrected chi connectivity index (χ1v) is 10.1. The highest BCUT2D eigenvalue weighted by atomic mass is 16.5. The molecule has 2 aliphatic rings. The molecule has 0 unspecified atom stereocenters. The smallest absolute Gasteiger partial charge is 0.312 e. The van der Waals surface area contributed by atoms with E-state index >= 15 is 0 Å². The SMILES string of the molecule is COC(=O)[C@@]12CCC(=O)N[C@@H](C1)c1c(n(C)c3ccccc13)[C@@H]2c1ccccc1. The van der Waals surface area contributed by atoms with Crippen molar-refractivity contribution in [3.05, 3.63) is 71.4 Å². The molecule has 2 aromatic carbocycles. The molecule has 1 fully saturated rings. The first-order chi connectivity index (χ1) is 14.1. The molecule has 1 aromatic heterocycles. The van der Waals surface area contributed by atoms with Gasteiger partial charge in [-0.05, 0) is 24.5 Å². The summed E-state index contributed by atoms with van der Waals surface area (Å²) >= 11 is 0. The molecule has 0 saturated carbocycles. The Morgan fingerprint density at radius 3 is 2.62 bits per heavy atom. The summed E-state index contributed by atoms with van der Waals surface area (Å²) in [6.45, 7) is 0. The second-order valence-corrected chi connectivity index (χ2v) is 8.19. The molecule has 1 saturated heterocycles. The summed E-state index contributed by atoms with van der Waals surface area (Å²) in [7, 11) is 3.51. The average molecular weight is 388 g/mol. The molecule has 5 nitrogen and oxygen atoms in total. The molecular formula is C24H24N2O3. The molecule has 148 valence electrons. The Morgan fingerprint density at radius 1 is 1.14 bits per heavy atom. The number of benzene rings is 2. The summed E-state index contributed by atoms with van der Waals surface area (Å²) in [5.74, 6) is -0.412. The lowest BCUT2D eigenvalue weighted by atomic mass is 9.60. The molecule has 1 amide bonds. The van der Waals surface area contributed by atoms with Gasteiger partial charge in [0.15, 0.2) is 0 Å². The fourth-order valence-electron chi connectivity index (χ4n) is 5.61. The number of nitrogens with zero attached hydrogens (tertiary/aromatic N) is 1. The van der Waals surface area contributed by atoms with Crippen molar-refractivity contribution in [1.29, 1.82) is 0 Å². The Balaban J connectivity index is 1.89. The maximum Gasteiger partial charge on any atom is 0.312 e. The quantitative estimate of drug-likeness (QED) is 0.679. The number of aryl methyl sites for hydroxylation is 1. The van der Waals surface area contributed by atoms with Gasteiger partial charge in [0.1, 0.15) is 0 Å². The molecule has 1 aliphatic carbocycles. The van der Waals surface area contributed by atoms with E-state index in [2.05, 4.69) is 41.2 Å². The van der Waals surface area contributed by atoms with E-state index in [0.29, 0.717) is 19.3 Å². The third-order valence-electron chi connectivity index (χ3n) is 6.79. The molecule has 0 spiro atoms. The van der Waals surface area contributed by atoms with E-state index in [1.165, 1.54) is 7.11 Å². The van der Waals surface area contributed by atoms with E-state index < -0.39 is 5.41 Å². The Bertz CT molecular complexity index is 1120. The monoisotopic (exact) mass is 388 g/mol. The summed E-state index contributed by atoms with van der Waals surface area (Å²) in [5, 5.41) is 4.32. The number of ether oxygens (including phenoxy) is 1. The normalized spacial score (nSPS) is 25.8. The van der Waals surface area contributed by atoms with E-state index in [1.54, 1.807) is 0 Å². The summed E-state index contributed by atoms with van der Waals surface area (Å²) < 4.78 is 7.55. The largest absolute Gasteiger partial charge is 0.469 e. The van der Waals surface area contributed by atoms with E-state index in [-0.39, 0.29) is 23.8 Å². The van der Waals surface area contributed by atoms with Crippen LogP contribution in [0.3, 0.4) is 0 Å². The number of carbonyl (C=O) groups is 2. The van der Waals surface area contributed by atoms with Crippen molar-refractivity contribution < 1.29 is 14.3 Å². The van der Waals surface area contributed by atoms with Crippen LogP contribution in [0.15, 0.2) is 54.6 Å². The second-order valence-electron chi connectivity index (χ2n) is 8.19. The van der Waals surface area contributed by atoms with Gasteiger partial charge in [-0.2, -0.15) is 0 Å². The number of para-hydroxylation sites is 1. The Labute approximate surface area is 169 Å². The van der Waals surface area contributed by atoms with Crippen molar-refractivity contribution in [1.82, 2.24) is 9.88 Å². The van der Waals surface area contributed by atoms with Gasteiger partial charge in [0.25, 0.3) is 0 Å². The van der Waals surface area contributed by atoms with Crippen molar-refractivity contribution in [3.8, 4) is 0 Å². The Hall–Kier alpha value is -3.08. The minimum absolute atomic E-state index is 0.00614. The van der Waals surface area contributed by atoms with E-state index in [0.717, 1.165) is 27.7 Å². The first-order valence-electron chi connectivity index (χ1n) is 10.1. The minimum atomic E-state index is -0.783. The lowest BCUT2D eigenvalue weighted by Gasteiger charge is -2.44. The van der Waals surface area contributed by atoms with Crippen LogP contribution in [0.25, 0.3) is 10.9 Å². The zero-order valence-electron chi connectivity index (χ0n) is 16.6. The molecule has 3 atom stereocenters. The number of methoxy groups -OCH3 is 1. The van der Waals surface area contributed by atoms with Crippen LogP contribution in [0.4, 0.5) is 0 Å². The molecule has 1 N–H and O–H groups in total. The molecule has 29 heavy (non-hydrogen) atoms. The highest BCUT2D eigenvalue weighted by Gasteiger charge is 2.56. The molecule has 5 heteroatoms. The predicted molar refractivity (Wildman–Crippen MR) is 110 cm³/mol. The number of fused-ring (bicyclic) bond motifs is 6. The van der Waals surface area contributed by atoms with Crippen molar-refractivity contribution in [2.24, 2.45) is 12.5 Å². The number of nitrogens with one attached hydrogen (secondary N) is 1. The van der Waals surface area contributed by atoms with Gasteiger partial charge >= 0.3 is 5.97 Å². The lowest BCUT2D eigenvalue weighted by Crippen LogP contribution is -2.44. The summed E-state index contributed by atoms with van der Waals surface area (Å²) in [6.07, 6.45) is 1.34. The van der Waals surface area contributed by atoms with Crippen LogP contribution in [-0.4, -0.2) is 23.6 Å². The predicted octanol–water partition coefficient (Wildman–Crippen LogP) is 3.82. The maximum atomic E-state index is 13.3. The third-order valence-corrected chi connectivity index (χ3v) is 6.79. The standard InChI is InChI=1S/C24H24N2O3/c1-26-18-11-7-6-10-16(18)20-17-14-24(23(28)29-2,13-12-19(27)25-17)21(22(20)26)15-8-4-3-5-9-15/h3-11,17,21H,12-14H2,1-2H3,(H,25,27)/t17-,21-,24-/m0/s1. The highest BCUT2D eigenvalue weighted by Crippen LogP contribution is 2.58. The van der Waals surface area contributed by atoms with Gasteiger partial charge in [-0.25, -0.2) is 0 Å². The third kappa shape index (κ3) is 2.46. The van der Waals surface area contributed by atoms with Gasteiger partial charge in [0.2, 0.25) is 5.91 Å². The molecule has 2 heterocycles. The van der Waals surface area contributed by atoms with Crippen LogP contribution < -0.4 is 5.32 Å². The number of esters is 1. The summed E-state index contributed by atoms with van der Waals surface area (Å²) in [4.78, 5) is 25.9. The molecule has 0 radical (unpaired) electrons. The Morgan fingerprint density at radius 2 is 1.86 bits per heavy atom. The van der Waals surface area contributed by atoms with Crippen LogP contribution in [0.5, 0.6) is 0 Å². The van der Waals surface area contributed by atoms with Crippen molar-refractivity contribution in [3.63, 3.8) is 0 Å². The van der Waals surface area contributed by atoms with Gasteiger partial charge in [-0.1, -0.05) is 48.5 Å². The maximum absolute atomic E-state index is 13.3. The molecule has 3 aromatic rings. The van der Waals surface area contributed by atoms with Crippen LogP contribution in [-0.2, 0) is 21.4 Å². The topological polar surface area (TPSA) is 60.3 Å². The highest BCUT2D eigenvalue weighted by molar-refractivity contribution is 5.91. The van der Waals surface area contributed by atoms with Gasteiger partial charge in [0.05, 0.1) is 18.6 Å². The fourth-order valence-corrected chi connectivity index (χ4v) is 5.61. The van der Waals surface area contributed by atoms with Gasteiger partial charge < -0.3 is 14.6 Å². The molecule has 2 bridgehead atoms. The number of rotatable bonds is 2. The van der Waals surface area contributed by atoms with Gasteiger partial charge in [-0.3, -0.25) is 9.59 Å². The lowest BCUT2D eigenvalue weighted by molar-refractivity contribution is -0.155. The molecular weight excluding hydrogens is 364 g/mol. The van der Waals surface area contributed by atoms with E-state index in [4.69, 9.17) is 4.74 Å². The average Bonchev–Trinajstić information content (AvgIpc) is 2.96. The van der Waals surface area contributed by atoms with Gasteiger partial charge in [-0.15, -0.1) is 0 Å². The van der Waals surface area contributed by atoms with Crippen LogP contribution in [0.2, 0.25) is 0 Å². The second kappa shape index (κ2) is 6.48. The van der Waals surface area contributed by atoms with Crippen molar-refractivity contribution >= 4 is 22.8 Å². The zero-order valence-corrected chi connectivity index (χ0v) is 16.6. The Kier molecular flexibility index (Phi) is 4.02. The van der Waals surface area contributed by atoms with Gasteiger partial charge in [0, 0.05) is 41.5 Å². The zero-order chi connectivity index (χ0) is 20.2. The fraction of sp³-hybridized carbons (Fsp3) is 0.333. The van der Waals surface area contributed by atoms with Crippen LogP contribution >= 0.6 is 0 Å². The minimum Gasteiger partial charge on any atom is -0.469 e. The van der Waals surface area contributed by atoms with E-state index in [1.807, 2.05) is 30.3 Å². The molecule has 1 aliphatic heterocycles. The van der Waals surface area contributed by atoms with Crippen molar-refractivity contribution in [2.75, 3.05) is 7.11 Å². The number of amides is 1. The number of hydrogen-bond donors (Lipinski definition) is 1. The number of hydrogen-bond acceptors (Lipinski definition) is 3. The van der Waals surface area contributed by atoms with Crippen molar-refractivity contribution in [2.45, 2.75) is 31.2 Å². The summed E-state index contributed by atoms with van der Waals surface area (Å²) in [6, 6.07) is 18.2. The number of aromatic nitrogens is 1. The van der Waals surface area contributed by atoms with Crippen LogP contribution in [0, 0.1) is 5.41 Å². The molecule has 5 rings (SSSR count).